The normalized spacial score (nSPS) is 11.0. The van der Waals surface area contributed by atoms with E-state index in [2.05, 4.69) is 38.0 Å². The molecule has 4 heteroatoms. The number of fused-ring (bicyclic) bond motifs is 1. The average molecular weight is 336 g/mol. The Balaban J connectivity index is 2.39. The zero-order chi connectivity index (χ0) is 17.4. The standard InChI is InChI=1S/C20H20N2OS/c1-6-10-22-16(7-2)21-19-18(20(22)23)17(14(5)24-19)15-9-8-12(3)13(4)11-15/h1,8-9,11H,7,10H2,2-5H3. The van der Waals surface area contributed by atoms with Crippen LogP contribution in [0.3, 0.4) is 0 Å². The Kier molecular flexibility index (Phi) is 4.29. The quantitative estimate of drug-likeness (QED) is 0.670. The monoisotopic (exact) mass is 336 g/mol. The molecule has 0 atom stereocenters. The molecule has 122 valence electrons. The van der Waals surface area contributed by atoms with E-state index in [-0.39, 0.29) is 12.1 Å². The van der Waals surface area contributed by atoms with Crippen molar-refractivity contribution >= 4 is 21.6 Å². The molecule has 0 radical (unpaired) electrons. The lowest BCUT2D eigenvalue weighted by molar-refractivity contribution is 0.712. The summed E-state index contributed by atoms with van der Waals surface area (Å²) in [7, 11) is 0. The Labute approximate surface area is 146 Å². The molecule has 0 spiro atoms. The fraction of sp³-hybridized carbons (Fsp3) is 0.300. The van der Waals surface area contributed by atoms with Crippen LogP contribution in [0.25, 0.3) is 21.3 Å². The van der Waals surface area contributed by atoms with E-state index >= 15 is 0 Å². The van der Waals surface area contributed by atoms with E-state index in [0.717, 1.165) is 26.7 Å². The van der Waals surface area contributed by atoms with Gasteiger partial charge < -0.3 is 0 Å². The number of thiophene rings is 1. The van der Waals surface area contributed by atoms with Crippen LogP contribution in [-0.4, -0.2) is 9.55 Å². The van der Waals surface area contributed by atoms with E-state index in [0.29, 0.717) is 11.8 Å². The second-order valence-electron chi connectivity index (χ2n) is 5.99. The predicted molar refractivity (Wildman–Crippen MR) is 102 cm³/mol. The van der Waals surface area contributed by atoms with Gasteiger partial charge in [-0.2, -0.15) is 0 Å². The molecule has 0 bridgehead atoms. The first kappa shape index (κ1) is 16.5. The predicted octanol–water partition coefficient (Wildman–Crippen LogP) is 4.25. The molecule has 0 saturated heterocycles. The molecule has 0 aliphatic heterocycles. The van der Waals surface area contributed by atoms with Gasteiger partial charge >= 0.3 is 0 Å². The first-order valence-electron chi connectivity index (χ1n) is 8.01. The van der Waals surface area contributed by atoms with Crippen molar-refractivity contribution in [3.8, 4) is 23.5 Å². The zero-order valence-electron chi connectivity index (χ0n) is 14.4. The number of aryl methyl sites for hydroxylation is 4. The van der Waals surface area contributed by atoms with Crippen molar-refractivity contribution < 1.29 is 0 Å². The molecule has 3 nitrogen and oxygen atoms in total. The van der Waals surface area contributed by atoms with Gasteiger partial charge in [0.05, 0.1) is 11.9 Å². The number of aromatic nitrogens is 2. The van der Waals surface area contributed by atoms with Crippen molar-refractivity contribution in [2.24, 2.45) is 0 Å². The zero-order valence-corrected chi connectivity index (χ0v) is 15.3. The molecular formula is C20H20N2OS. The number of terminal acetylenes is 1. The summed E-state index contributed by atoms with van der Waals surface area (Å²) in [5.41, 5.74) is 4.48. The summed E-state index contributed by atoms with van der Waals surface area (Å²) in [6.45, 7) is 8.48. The molecule has 1 aromatic carbocycles. The van der Waals surface area contributed by atoms with Crippen LogP contribution in [0.4, 0.5) is 0 Å². The van der Waals surface area contributed by atoms with Gasteiger partial charge in [-0.05, 0) is 37.5 Å². The topological polar surface area (TPSA) is 34.9 Å². The van der Waals surface area contributed by atoms with Crippen molar-refractivity contribution in [3.63, 3.8) is 0 Å². The van der Waals surface area contributed by atoms with Gasteiger partial charge in [-0.3, -0.25) is 9.36 Å². The molecule has 0 unspecified atom stereocenters. The van der Waals surface area contributed by atoms with Gasteiger partial charge in [0.1, 0.15) is 10.7 Å². The lowest BCUT2D eigenvalue weighted by Gasteiger charge is -2.09. The Morgan fingerprint density at radius 1 is 1.25 bits per heavy atom. The Morgan fingerprint density at radius 2 is 2.00 bits per heavy atom. The van der Waals surface area contributed by atoms with Crippen LogP contribution >= 0.6 is 11.3 Å². The summed E-state index contributed by atoms with van der Waals surface area (Å²) in [5, 5.41) is 0.688. The second-order valence-corrected chi connectivity index (χ2v) is 7.19. The van der Waals surface area contributed by atoms with Gasteiger partial charge in [0.25, 0.3) is 5.56 Å². The molecule has 2 aromatic heterocycles. The van der Waals surface area contributed by atoms with E-state index in [1.54, 1.807) is 15.9 Å². The maximum Gasteiger partial charge on any atom is 0.263 e. The lowest BCUT2D eigenvalue weighted by Crippen LogP contribution is -2.24. The average Bonchev–Trinajstić information content (AvgIpc) is 2.89. The minimum absolute atomic E-state index is 0.0348. The van der Waals surface area contributed by atoms with Crippen LogP contribution in [0, 0.1) is 33.1 Å². The van der Waals surface area contributed by atoms with Crippen LogP contribution in [0.2, 0.25) is 0 Å². The van der Waals surface area contributed by atoms with E-state index in [9.17, 15) is 4.79 Å². The number of hydrogen-bond acceptors (Lipinski definition) is 3. The highest BCUT2D eigenvalue weighted by molar-refractivity contribution is 7.19. The molecular weight excluding hydrogens is 316 g/mol. The molecule has 0 fully saturated rings. The molecule has 0 amide bonds. The SMILES string of the molecule is C#CCn1c(CC)nc2sc(C)c(-c3ccc(C)c(C)c3)c2c1=O. The van der Waals surface area contributed by atoms with Crippen LogP contribution in [-0.2, 0) is 13.0 Å². The van der Waals surface area contributed by atoms with E-state index < -0.39 is 0 Å². The molecule has 3 rings (SSSR count). The largest absolute Gasteiger partial charge is 0.284 e. The highest BCUT2D eigenvalue weighted by Crippen LogP contribution is 2.36. The molecule has 0 aliphatic rings. The molecule has 24 heavy (non-hydrogen) atoms. The molecule has 2 heterocycles. The number of hydrogen-bond donors (Lipinski definition) is 0. The minimum Gasteiger partial charge on any atom is -0.284 e. The van der Waals surface area contributed by atoms with Gasteiger partial charge in [0, 0.05) is 16.9 Å². The summed E-state index contributed by atoms with van der Waals surface area (Å²) < 4.78 is 1.62. The third-order valence-electron chi connectivity index (χ3n) is 4.43. The van der Waals surface area contributed by atoms with E-state index in [4.69, 9.17) is 11.4 Å². The summed E-state index contributed by atoms with van der Waals surface area (Å²) in [6.07, 6.45) is 6.14. The highest BCUT2D eigenvalue weighted by atomic mass is 32.1. The molecule has 0 aliphatic carbocycles. The Morgan fingerprint density at radius 3 is 2.62 bits per heavy atom. The van der Waals surface area contributed by atoms with Crippen LogP contribution in [0.15, 0.2) is 23.0 Å². The Hall–Kier alpha value is -2.38. The van der Waals surface area contributed by atoms with Gasteiger partial charge in [-0.25, -0.2) is 4.98 Å². The highest BCUT2D eigenvalue weighted by Gasteiger charge is 2.19. The summed E-state index contributed by atoms with van der Waals surface area (Å²) in [5.74, 6) is 3.32. The first-order valence-corrected chi connectivity index (χ1v) is 8.83. The minimum atomic E-state index is -0.0348. The number of nitrogens with zero attached hydrogens (tertiary/aromatic N) is 2. The number of rotatable bonds is 3. The van der Waals surface area contributed by atoms with Crippen molar-refractivity contribution in [3.05, 3.63) is 50.4 Å². The lowest BCUT2D eigenvalue weighted by atomic mass is 9.99. The molecule has 0 saturated carbocycles. The van der Waals surface area contributed by atoms with Crippen molar-refractivity contribution in [1.82, 2.24) is 9.55 Å². The molecule has 0 N–H and O–H groups in total. The first-order chi connectivity index (χ1) is 11.5. The number of benzene rings is 1. The summed E-state index contributed by atoms with van der Waals surface area (Å²) in [6, 6.07) is 6.32. The fourth-order valence-electron chi connectivity index (χ4n) is 3.01. The smallest absolute Gasteiger partial charge is 0.263 e. The third kappa shape index (κ3) is 2.55. The van der Waals surface area contributed by atoms with Crippen LogP contribution in [0.1, 0.15) is 28.8 Å². The van der Waals surface area contributed by atoms with Crippen LogP contribution < -0.4 is 5.56 Å². The van der Waals surface area contributed by atoms with Gasteiger partial charge in [0.15, 0.2) is 0 Å². The van der Waals surface area contributed by atoms with Gasteiger partial charge in [-0.1, -0.05) is 31.0 Å². The Bertz CT molecular complexity index is 1030. The maximum absolute atomic E-state index is 13.1. The van der Waals surface area contributed by atoms with Crippen LogP contribution in [0.5, 0.6) is 0 Å². The van der Waals surface area contributed by atoms with Crippen molar-refractivity contribution in [2.75, 3.05) is 0 Å². The molecule has 3 aromatic rings. The third-order valence-corrected chi connectivity index (χ3v) is 5.43. The van der Waals surface area contributed by atoms with E-state index in [1.165, 1.54) is 11.1 Å². The summed E-state index contributed by atoms with van der Waals surface area (Å²) in [4.78, 5) is 19.7. The summed E-state index contributed by atoms with van der Waals surface area (Å²) >= 11 is 1.58. The second kappa shape index (κ2) is 6.26. The maximum atomic E-state index is 13.1. The van der Waals surface area contributed by atoms with Crippen molar-refractivity contribution in [2.45, 2.75) is 40.7 Å². The fourth-order valence-corrected chi connectivity index (χ4v) is 4.06. The van der Waals surface area contributed by atoms with E-state index in [1.807, 2.05) is 13.8 Å². The van der Waals surface area contributed by atoms with Gasteiger partial charge in [-0.15, -0.1) is 17.8 Å². The van der Waals surface area contributed by atoms with Crippen molar-refractivity contribution in [1.29, 1.82) is 0 Å². The van der Waals surface area contributed by atoms with Gasteiger partial charge in [0.2, 0.25) is 0 Å².